The topological polar surface area (TPSA) is 94.3 Å². The second-order valence-electron chi connectivity index (χ2n) is 3.73. The predicted molar refractivity (Wildman–Crippen MR) is 64.9 cm³/mol. The Morgan fingerprint density at radius 2 is 2.24 bits per heavy atom. The van der Waals surface area contributed by atoms with Gasteiger partial charge in [-0.05, 0) is 19.9 Å². The van der Waals surface area contributed by atoms with Gasteiger partial charge >= 0.3 is 0 Å². The van der Waals surface area contributed by atoms with E-state index in [-0.39, 0.29) is 23.2 Å². The van der Waals surface area contributed by atoms with Gasteiger partial charge in [0.05, 0.1) is 18.4 Å². The Bertz CT molecular complexity index is 460. The number of ether oxygens (including phenoxy) is 1. The summed E-state index contributed by atoms with van der Waals surface area (Å²) in [6.45, 7) is 4.28. The molecule has 0 spiro atoms. The predicted octanol–water partition coefficient (Wildman–Crippen LogP) is 0.367. The van der Waals surface area contributed by atoms with Gasteiger partial charge in [-0.1, -0.05) is 0 Å². The van der Waals surface area contributed by atoms with Crippen LogP contribution in [0.3, 0.4) is 0 Å². The van der Waals surface area contributed by atoms with E-state index in [1.165, 1.54) is 18.5 Å². The minimum absolute atomic E-state index is 0.00968. The average molecular weight is 259 g/mol. The second-order valence-corrected chi connectivity index (χ2v) is 5.47. The number of hydrogen-bond acceptors (Lipinski definition) is 5. The molecule has 0 saturated carbocycles. The van der Waals surface area contributed by atoms with Crippen molar-refractivity contribution in [1.29, 1.82) is 0 Å². The highest BCUT2D eigenvalue weighted by atomic mass is 32.2. The summed E-state index contributed by atoms with van der Waals surface area (Å²) in [5.41, 5.74) is 5.75. The van der Waals surface area contributed by atoms with Crippen molar-refractivity contribution in [3.63, 3.8) is 0 Å². The number of nitrogen functional groups attached to an aromatic ring is 1. The number of aromatic nitrogens is 1. The number of nitrogens with one attached hydrogen (secondary N) is 1. The molecule has 7 heteroatoms. The molecule has 1 heterocycles. The molecule has 0 amide bonds. The molecule has 96 valence electrons. The molecule has 0 aromatic carbocycles. The van der Waals surface area contributed by atoms with Gasteiger partial charge in [-0.2, -0.15) is 0 Å². The van der Waals surface area contributed by atoms with E-state index in [9.17, 15) is 8.42 Å². The number of rotatable bonds is 6. The molecule has 0 aliphatic heterocycles. The summed E-state index contributed by atoms with van der Waals surface area (Å²) in [5, 5.41) is 0. The standard InChI is InChI=1S/C10H17N3O3S/c1-8(2)16-6-5-13-17(14,15)10-7-12-4-3-9(10)11/h3-4,7-8,13H,5-6H2,1-2H3,(H2,11,12). The van der Waals surface area contributed by atoms with Crippen molar-refractivity contribution in [2.24, 2.45) is 0 Å². The van der Waals surface area contributed by atoms with Gasteiger partial charge in [-0.3, -0.25) is 4.98 Å². The molecule has 0 aliphatic rings. The van der Waals surface area contributed by atoms with Crippen molar-refractivity contribution >= 4 is 15.7 Å². The molecule has 0 fully saturated rings. The molecule has 0 bridgehead atoms. The molecule has 0 unspecified atom stereocenters. The largest absolute Gasteiger partial charge is 0.398 e. The van der Waals surface area contributed by atoms with Gasteiger partial charge in [0.15, 0.2) is 0 Å². The fraction of sp³-hybridized carbons (Fsp3) is 0.500. The Kier molecular flexibility index (Phi) is 4.86. The first kappa shape index (κ1) is 13.9. The highest BCUT2D eigenvalue weighted by Crippen LogP contribution is 2.14. The maximum Gasteiger partial charge on any atom is 0.244 e. The summed E-state index contributed by atoms with van der Waals surface area (Å²) in [7, 11) is -3.61. The molecule has 17 heavy (non-hydrogen) atoms. The molecule has 1 aromatic heterocycles. The monoisotopic (exact) mass is 259 g/mol. The number of pyridine rings is 1. The van der Waals surface area contributed by atoms with E-state index < -0.39 is 10.0 Å². The fourth-order valence-electron chi connectivity index (χ4n) is 1.16. The van der Waals surface area contributed by atoms with E-state index in [0.717, 1.165) is 0 Å². The van der Waals surface area contributed by atoms with E-state index >= 15 is 0 Å². The van der Waals surface area contributed by atoms with Crippen LogP contribution in [0.1, 0.15) is 13.8 Å². The van der Waals surface area contributed by atoms with Gasteiger partial charge < -0.3 is 10.5 Å². The zero-order valence-electron chi connectivity index (χ0n) is 9.88. The minimum Gasteiger partial charge on any atom is -0.398 e. The molecular formula is C10H17N3O3S. The van der Waals surface area contributed by atoms with Crippen molar-refractivity contribution in [3.8, 4) is 0 Å². The first-order valence-electron chi connectivity index (χ1n) is 5.24. The molecule has 0 radical (unpaired) electrons. The zero-order valence-corrected chi connectivity index (χ0v) is 10.7. The lowest BCUT2D eigenvalue weighted by Gasteiger charge is -2.10. The van der Waals surface area contributed by atoms with Crippen LogP contribution >= 0.6 is 0 Å². The van der Waals surface area contributed by atoms with Crippen molar-refractivity contribution in [2.45, 2.75) is 24.8 Å². The van der Waals surface area contributed by atoms with Gasteiger partial charge in [-0.25, -0.2) is 13.1 Å². The van der Waals surface area contributed by atoms with Crippen LogP contribution in [-0.2, 0) is 14.8 Å². The highest BCUT2D eigenvalue weighted by molar-refractivity contribution is 7.89. The van der Waals surface area contributed by atoms with Gasteiger partial charge in [0.2, 0.25) is 10.0 Å². The summed E-state index contributed by atoms with van der Waals surface area (Å²) < 4.78 is 31.3. The summed E-state index contributed by atoms with van der Waals surface area (Å²) in [6.07, 6.45) is 2.74. The second kappa shape index (κ2) is 5.95. The van der Waals surface area contributed by atoms with E-state index in [1.54, 1.807) is 0 Å². The van der Waals surface area contributed by atoms with Crippen LogP contribution in [0.5, 0.6) is 0 Å². The van der Waals surface area contributed by atoms with E-state index in [4.69, 9.17) is 10.5 Å². The third kappa shape index (κ3) is 4.29. The van der Waals surface area contributed by atoms with Gasteiger partial charge in [0.1, 0.15) is 4.90 Å². The van der Waals surface area contributed by atoms with Crippen LogP contribution in [-0.4, -0.2) is 32.7 Å². The van der Waals surface area contributed by atoms with Crippen LogP contribution in [0.15, 0.2) is 23.4 Å². The Hall–Kier alpha value is -1.18. The molecule has 1 rings (SSSR count). The number of anilines is 1. The van der Waals surface area contributed by atoms with E-state index in [1.807, 2.05) is 13.8 Å². The smallest absolute Gasteiger partial charge is 0.244 e. The van der Waals surface area contributed by atoms with E-state index in [0.29, 0.717) is 6.61 Å². The highest BCUT2D eigenvalue weighted by Gasteiger charge is 2.16. The van der Waals surface area contributed by atoms with Gasteiger partial charge in [0.25, 0.3) is 0 Å². The third-order valence-electron chi connectivity index (χ3n) is 1.95. The maximum absolute atomic E-state index is 11.8. The van der Waals surface area contributed by atoms with Crippen LogP contribution < -0.4 is 10.5 Å². The molecule has 0 aliphatic carbocycles. The molecule has 0 atom stereocenters. The Morgan fingerprint density at radius 3 is 2.82 bits per heavy atom. The van der Waals surface area contributed by atoms with Crippen LogP contribution in [0.25, 0.3) is 0 Å². The molecular weight excluding hydrogens is 242 g/mol. The lowest BCUT2D eigenvalue weighted by molar-refractivity contribution is 0.0834. The molecule has 0 saturated heterocycles. The summed E-state index contributed by atoms with van der Waals surface area (Å²) in [4.78, 5) is 3.73. The Labute approximate surface area is 101 Å². The van der Waals surface area contributed by atoms with Crippen molar-refractivity contribution in [3.05, 3.63) is 18.5 Å². The lowest BCUT2D eigenvalue weighted by atomic mass is 10.4. The fourth-order valence-corrected chi connectivity index (χ4v) is 2.25. The summed E-state index contributed by atoms with van der Waals surface area (Å²) >= 11 is 0. The van der Waals surface area contributed by atoms with Crippen LogP contribution in [0, 0.1) is 0 Å². The van der Waals surface area contributed by atoms with Crippen molar-refractivity contribution in [1.82, 2.24) is 9.71 Å². The maximum atomic E-state index is 11.8. The van der Waals surface area contributed by atoms with Crippen LogP contribution in [0.2, 0.25) is 0 Å². The van der Waals surface area contributed by atoms with Crippen molar-refractivity contribution in [2.75, 3.05) is 18.9 Å². The number of sulfonamides is 1. The first-order chi connectivity index (χ1) is 7.93. The molecule has 6 nitrogen and oxygen atoms in total. The van der Waals surface area contributed by atoms with Crippen molar-refractivity contribution < 1.29 is 13.2 Å². The number of nitrogens with two attached hydrogens (primary N) is 1. The third-order valence-corrected chi connectivity index (χ3v) is 3.46. The lowest BCUT2D eigenvalue weighted by Crippen LogP contribution is -2.28. The quantitative estimate of drug-likeness (QED) is 0.720. The SMILES string of the molecule is CC(C)OCCNS(=O)(=O)c1cnccc1N. The molecule has 3 N–H and O–H groups in total. The summed E-state index contributed by atoms with van der Waals surface area (Å²) in [6, 6.07) is 1.44. The Balaban J connectivity index is 2.61. The summed E-state index contributed by atoms with van der Waals surface area (Å²) in [5.74, 6) is 0. The van der Waals surface area contributed by atoms with Gasteiger partial charge in [-0.15, -0.1) is 0 Å². The normalized spacial score (nSPS) is 11.9. The first-order valence-corrected chi connectivity index (χ1v) is 6.72. The Morgan fingerprint density at radius 1 is 1.53 bits per heavy atom. The van der Waals surface area contributed by atoms with E-state index in [2.05, 4.69) is 9.71 Å². The van der Waals surface area contributed by atoms with Crippen LogP contribution in [0.4, 0.5) is 5.69 Å². The number of nitrogens with zero attached hydrogens (tertiary/aromatic N) is 1. The zero-order chi connectivity index (χ0) is 12.9. The number of hydrogen-bond donors (Lipinski definition) is 2. The minimum atomic E-state index is -3.61. The van der Waals surface area contributed by atoms with Gasteiger partial charge in [0, 0.05) is 18.9 Å². The average Bonchev–Trinajstić information content (AvgIpc) is 2.24. The molecule has 1 aromatic rings.